The first-order valence-electron chi connectivity index (χ1n) is 10.7. The molecule has 0 unspecified atom stereocenters. The highest BCUT2D eigenvalue weighted by molar-refractivity contribution is 5.94. The number of nitrogens with zero attached hydrogens (tertiary/aromatic N) is 3. The fourth-order valence-corrected chi connectivity index (χ4v) is 3.80. The summed E-state index contributed by atoms with van der Waals surface area (Å²) in [6.07, 6.45) is 2.07. The highest BCUT2D eigenvalue weighted by atomic mass is 19.1. The summed E-state index contributed by atoms with van der Waals surface area (Å²) in [4.78, 5) is 21.5. The van der Waals surface area contributed by atoms with Gasteiger partial charge in [-0.2, -0.15) is 0 Å². The summed E-state index contributed by atoms with van der Waals surface area (Å²) in [7, 11) is 0. The lowest BCUT2D eigenvalue weighted by Gasteiger charge is -2.36. The quantitative estimate of drug-likeness (QED) is 0.619. The molecule has 7 heteroatoms. The molecule has 0 spiro atoms. The van der Waals surface area contributed by atoms with Crippen molar-refractivity contribution < 1.29 is 13.6 Å². The van der Waals surface area contributed by atoms with Crippen LogP contribution in [0.2, 0.25) is 0 Å². The van der Waals surface area contributed by atoms with Crippen LogP contribution in [0.1, 0.15) is 19.2 Å². The molecule has 1 saturated heterocycles. The van der Waals surface area contributed by atoms with Crippen molar-refractivity contribution >= 4 is 17.3 Å². The predicted molar refractivity (Wildman–Crippen MR) is 120 cm³/mol. The summed E-state index contributed by atoms with van der Waals surface area (Å²) in [5.74, 6) is 0.312. The number of carbonyl (C=O) groups excluding carboxylic acids is 1. The number of benzene rings is 2. The number of carbonyl (C=O) groups is 1. The minimum Gasteiger partial charge on any atom is -0.441 e. The molecular weight excluding hydrogens is 395 g/mol. The van der Waals surface area contributed by atoms with Crippen molar-refractivity contribution in [3.8, 4) is 11.3 Å². The maximum absolute atomic E-state index is 13.9. The molecule has 4 rings (SSSR count). The van der Waals surface area contributed by atoms with Gasteiger partial charge in [0, 0.05) is 39.0 Å². The van der Waals surface area contributed by atoms with E-state index in [1.807, 2.05) is 24.3 Å². The third-order valence-corrected chi connectivity index (χ3v) is 5.60. The maximum Gasteiger partial charge on any atom is 0.224 e. The zero-order chi connectivity index (χ0) is 21.6. The lowest BCUT2D eigenvalue weighted by atomic mass is 10.2. The molecular formula is C24H27FN4O2. The monoisotopic (exact) mass is 422 g/mol. The predicted octanol–water partition coefficient (Wildman–Crippen LogP) is 4.19. The van der Waals surface area contributed by atoms with Gasteiger partial charge < -0.3 is 19.5 Å². The first-order chi connectivity index (χ1) is 15.1. The zero-order valence-electron chi connectivity index (χ0n) is 17.7. The van der Waals surface area contributed by atoms with E-state index in [2.05, 4.69) is 27.0 Å². The average Bonchev–Trinajstić information content (AvgIpc) is 3.27. The number of aromatic nitrogens is 1. The van der Waals surface area contributed by atoms with Crippen LogP contribution < -0.4 is 10.2 Å². The number of nitrogens with one attached hydrogen (secondary N) is 1. The molecule has 3 aromatic rings. The summed E-state index contributed by atoms with van der Waals surface area (Å²) in [5, 5.41) is 3.03. The normalized spacial score (nSPS) is 14.6. The number of hydrogen-bond acceptors (Lipinski definition) is 5. The maximum atomic E-state index is 13.9. The first kappa shape index (κ1) is 21.1. The molecule has 1 aliphatic rings. The molecule has 1 amide bonds. The van der Waals surface area contributed by atoms with Crippen molar-refractivity contribution in [1.29, 1.82) is 0 Å². The lowest BCUT2D eigenvalue weighted by molar-refractivity contribution is -0.116. The largest absolute Gasteiger partial charge is 0.441 e. The minimum atomic E-state index is -0.362. The van der Waals surface area contributed by atoms with E-state index in [0.717, 1.165) is 44.1 Å². The SMILES string of the molecule is CCN1CCN(c2ccccc2NC(=O)CCc2ncc(-c3ccccc3F)o2)CC1. The van der Waals surface area contributed by atoms with E-state index in [4.69, 9.17) is 4.42 Å². The number of para-hydroxylation sites is 2. The first-order valence-corrected chi connectivity index (χ1v) is 10.7. The van der Waals surface area contributed by atoms with Crippen LogP contribution in [0.5, 0.6) is 0 Å². The van der Waals surface area contributed by atoms with Gasteiger partial charge in [0.15, 0.2) is 11.7 Å². The van der Waals surface area contributed by atoms with Crippen molar-refractivity contribution in [1.82, 2.24) is 9.88 Å². The van der Waals surface area contributed by atoms with E-state index >= 15 is 0 Å². The second-order valence-electron chi connectivity index (χ2n) is 7.58. The van der Waals surface area contributed by atoms with Crippen molar-refractivity contribution in [3.05, 3.63) is 66.4 Å². The number of likely N-dealkylation sites (N-methyl/N-ethyl adjacent to an activating group) is 1. The number of piperazine rings is 1. The van der Waals surface area contributed by atoms with Gasteiger partial charge in [-0.25, -0.2) is 9.37 Å². The highest BCUT2D eigenvalue weighted by Gasteiger charge is 2.19. The summed E-state index contributed by atoms with van der Waals surface area (Å²) in [5.41, 5.74) is 2.23. The van der Waals surface area contributed by atoms with Crippen LogP contribution >= 0.6 is 0 Å². The average molecular weight is 423 g/mol. The highest BCUT2D eigenvalue weighted by Crippen LogP contribution is 2.27. The molecule has 0 saturated carbocycles. The van der Waals surface area contributed by atoms with Gasteiger partial charge in [0.05, 0.1) is 23.1 Å². The number of aryl methyl sites for hydroxylation is 1. The third kappa shape index (κ3) is 5.11. The Morgan fingerprint density at radius 2 is 1.84 bits per heavy atom. The topological polar surface area (TPSA) is 61.6 Å². The molecule has 2 heterocycles. The van der Waals surface area contributed by atoms with E-state index in [1.165, 1.54) is 12.3 Å². The van der Waals surface area contributed by atoms with E-state index in [-0.39, 0.29) is 18.1 Å². The summed E-state index contributed by atoms with van der Waals surface area (Å²) < 4.78 is 19.6. The number of hydrogen-bond donors (Lipinski definition) is 1. The smallest absolute Gasteiger partial charge is 0.224 e. The Hall–Kier alpha value is -3.19. The van der Waals surface area contributed by atoms with Gasteiger partial charge in [0.1, 0.15) is 5.82 Å². The Morgan fingerprint density at radius 3 is 2.61 bits per heavy atom. The van der Waals surface area contributed by atoms with Gasteiger partial charge in [-0.3, -0.25) is 4.79 Å². The number of amides is 1. The van der Waals surface area contributed by atoms with Crippen LogP contribution in [0.25, 0.3) is 11.3 Å². The van der Waals surface area contributed by atoms with Gasteiger partial charge in [-0.15, -0.1) is 0 Å². The molecule has 1 aliphatic heterocycles. The molecule has 1 N–H and O–H groups in total. The van der Waals surface area contributed by atoms with Gasteiger partial charge in [0.25, 0.3) is 0 Å². The second kappa shape index (κ2) is 9.75. The van der Waals surface area contributed by atoms with Crippen molar-refractivity contribution in [2.24, 2.45) is 0 Å². The van der Waals surface area contributed by atoms with E-state index in [9.17, 15) is 9.18 Å². The number of rotatable bonds is 7. The molecule has 6 nitrogen and oxygen atoms in total. The van der Waals surface area contributed by atoms with Crippen LogP contribution in [0.15, 0.2) is 59.1 Å². The van der Waals surface area contributed by atoms with Crippen LogP contribution in [0.4, 0.5) is 15.8 Å². The molecule has 0 bridgehead atoms. The lowest BCUT2D eigenvalue weighted by Crippen LogP contribution is -2.46. The number of oxazole rings is 1. The Morgan fingerprint density at radius 1 is 1.10 bits per heavy atom. The minimum absolute atomic E-state index is 0.106. The molecule has 0 radical (unpaired) electrons. The second-order valence-corrected chi connectivity index (χ2v) is 7.58. The van der Waals surface area contributed by atoms with Crippen LogP contribution in [0, 0.1) is 5.82 Å². The number of anilines is 2. The number of halogens is 1. The zero-order valence-corrected chi connectivity index (χ0v) is 17.7. The molecule has 1 fully saturated rings. The van der Waals surface area contributed by atoms with Crippen molar-refractivity contribution in [2.75, 3.05) is 42.9 Å². The fourth-order valence-electron chi connectivity index (χ4n) is 3.80. The molecule has 162 valence electrons. The van der Waals surface area contributed by atoms with Gasteiger partial charge in [-0.1, -0.05) is 31.2 Å². The van der Waals surface area contributed by atoms with Crippen LogP contribution in [-0.2, 0) is 11.2 Å². The Bertz CT molecular complexity index is 1030. The van der Waals surface area contributed by atoms with Gasteiger partial charge in [0.2, 0.25) is 5.91 Å². The Labute approximate surface area is 181 Å². The molecule has 2 aromatic carbocycles. The van der Waals surface area contributed by atoms with Crippen LogP contribution in [-0.4, -0.2) is 48.5 Å². The fraction of sp³-hybridized carbons (Fsp3) is 0.333. The molecule has 1 aromatic heterocycles. The summed E-state index contributed by atoms with van der Waals surface area (Å²) in [6.45, 7) is 7.16. The van der Waals surface area contributed by atoms with Gasteiger partial charge in [-0.05, 0) is 30.8 Å². The standard InChI is InChI=1S/C24H27FN4O2/c1-2-28-13-15-29(16-14-28)21-10-6-5-9-20(21)27-23(30)11-12-24-26-17-22(31-24)18-7-3-4-8-19(18)25/h3-10,17H,2,11-16H2,1H3,(H,27,30). The van der Waals surface area contributed by atoms with Crippen molar-refractivity contribution in [2.45, 2.75) is 19.8 Å². The summed E-state index contributed by atoms with van der Waals surface area (Å²) in [6, 6.07) is 14.3. The third-order valence-electron chi connectivity index (χ3n) is 5.60. The van der Waals surface area contributed by atoms with Gasteiger partial charge >= 0.3 is 0 Å². The van der Waals surface area contributed by atoms with Crippen LogP contribution in [0.3, 0.4) is 0 Å². The van der Waals surface area contributed by atoms with E-state index < -0.39 is 0 Å². The molecule has 0 atom stereocenters. The van der Waals surface area contributed by atoms with E-state index in [1.54, 1.807) is 18.2 Å². The Balaban J connectivity index is 1.35. The van der Waals surface area contributed by atoms with Crippen molar-refractivity contribution in [3.63, 3.8) is 0 Å². The summed E-state index contributed by atoms with van der Waals surface area (Å²) >= 11 is 0. The molecule has 0 aliphatic carbocycles. The molecule has 31 heavy (non-hydrogen) atoms. The van der Waals surface area contributed by atoms with E-state index in [0.29, 0.717) is 23.6 Å². The Kier molecular flexibility index (Phi) is 6.62.